The summed E-state index contributed by atoms with van der Waals surface area (Å²) >= 11 is 0. The van der Waals surface area contributed by atoms with Crippen molar-refractivity contribution in [2.45, 2.75) is 12.5 Å². The third kappa shape index (κ3) is 5.06. The van der Waals surface area contributed by atoms with Crippen LogP contribution >= 0.6 is 0 Å². The van der Waals surface area contributed by atoms with Gasteiger partial charge in [0.25, 0.3) is 5.91 Å². The highest BCUT2D eigenvalue weighted by Gasteiger charge is 2.25. The van der Waals surface area contributed by atoms with Crippen LogP contribution < -0.4 is 5.32 Å². The molecule has 0 aliphatic rings. The molecule has 6 heteroatoms. The van der Waals surface area contributed by atoms with Gasteiger partial charge in [-0.05, 0) is 16.3 Å². The lowest BCUT2D eigenvalue weighted by Gasteiger charge is -2.22. The molecule has 2 amide bonds. The molecule has 1 atom stereocenters. The van der Waals surface area contributed by atoms with Gasteiger partial charge in [-0.3, -0.25) is 9.63 Å². The van der Waals surface area contributed by atoms with Gasteiger partial charge in [-0.25, -0.2) is 9.86 Å². The van der Waals surface area contributed by atoms with E-state index in [1.165, 1.54) is 20.2 Å². The molecule has 2 aromatic rings. The van der Waals surface area contributed by atoms with Gasteiger partial charge >= 0.3 is 6.09 Å². The van der Waals surface area contributed by atoms with Crippen LogP contribution in [0, 0.1) is 0 Å². The van der Waals surface area contributed by atoms with Crippen molar-refractivity contribution in [3.8, 4) is 0 Å². The molecule has 0 aliphatic carbocycles. The summed E-state index contributed by atoms with van der Waals surface area (Å²) in [5.74, 6) is -0.369. The zero-order valence-electron chi connectivity index (χ0n) is 14.4. The first-order chi connectivity index (χ1) is 12.0. The lowest BCUT2D eigenvalue weighted by Crippen LogP contribution is -2.48. The van der Waals surface area contributed by atoms with Gasteiger partial charge in [-0.1, -0.05) is 55.1 Å². The van der Waals surface area contributed by atoms with E-state index < -0.39 is 12.1 Å². The number of fused-ring (bicyclic) bond motifs is 1. The Kier molecular flexibility index (Phi) is 6.54. The van der Waals surface area contributed by atoms with Crippen molar-refractivity contribution in [1.82, 2.24) is 10.4 Å². The van der Waals surface area contributed by atoms with E-state index in [-0.39, 0.29) is 12.5 Å². The maximum Gasteiger partial charge on any atom is 0.408 e. The minimum Gasteiger partial charge on any atom is -0.445 e. The van der Waals surface area contributed by atoms with Crippen molar-refractivity contribution in [2.75, 3.05) is 20.8 Å². The quantitative estimate of drug-likeness (QED) is 0.620. The Bertz CT molecular complexity index is 760. The Morgan fingerprint density at radius 2 is 1.96 bits per heavy atom. The molecule has 0 fully saturated rings. The second kappa shape index (κ2) is 8.84. The van der Waals surface area contributed by atoms with E-state index in [0.717, 1.165) is 21.4 Å². The van der Waals surface area contributed by atoms with Crippen LogP contribution in [-0.2, 0) is 20.8 Å². The zero-order valence-corrected chi connectivity index (χ0v) is 14.4. The third-order valence-electron chi connectivity index (χ3n) is 3.76. The fraction of sp³-hybridized carbons (Fsp3) is 0.263. The second-order valence-electron chi connectivity index (χ2n) is 5.49. The number of likely N-dealkylation sites (N-methyl/N-ethyl adjacent to an activating group) is 1. The average molecular weight is 342 g/mol. The van der Waals surface area contributed by atoms with Crippen molar-refractivity contribution in [1.29, 1.82) is 0 Å². The summed E-state index contributed by atoms with van der Waals surface area (Å²) < 4.78 is 4.91. The monoisotopic (exact) mass is 342 g/mol. The molecule has 0 saturated carbocycles. The summed E-state index contributed by atoms with van der Waals surface area (Å²) in [4.78, 5) is 29.2. The van der Waals surface area contributed by atoms with Crippen LogP contribution in [0.3, 0.4) is 0 Å². The van der Waals surface area contributed by atoms with Crippen LogP contribution in [0.2, 0.25) is 0 Å². The number of hydroxylamine groups is 2. The van der Waals surface area contributed by atoms with E-state index in [4.69, 9.17) is 9.57 Å². The summed E-state index contributed by atoms with van der Waals surface area (Å²) in [7, 11) is 2.88. The first-order valence-electron chi connectivity index (χ1n) is 7.88. The molecule has 1 unspecified atom stereocenters. The molecule has 25 heavy (non-hydrogen) atoms. The van der Waals surface area contributed by atoms with Crippen LogP contribution in [0.15, 0.2) is 55.1 Å². The molecule has 132 valence electrons. The van der Waals surface area contributed by atoms with Gasteiger partial charge in [0.15, 0.2) is 0 Å². The van der Waals surface area contributed by atoms with E-state index >= 15 is 0 Å². The number of ether oxygens (including phenoxy) is 1. The van der Waals surface area contributed by atoms with Gasteiger partial charge in [-0.2, -0.15) is 0 Å². The molecule has 0 bridgehead atoms. The van der Waals surface area contributed by atoms with Crippen molar-refractivity contribution in [3.63, 3.8) is 0 Å². The molecule has 2 rings (SSSR count). The minimum atomic E-state index is -0.802. The van der Waals surface area contributed by atoms with Gasteiger partial charge < -0.3 is 10.1 Å². The predicted octanol–water partition coefficient (Wildman–Crippen LogP) is 2.68. The van der Waals surface area contributed by atoms with Crippen LogP contribution in [-0.4, -0.2) is 43.9 Å². The predicted molar refractivity (Wildman–Crippen MR) is 95.9 cm³/mol. The molecule has 2 aromatic carbocycles. The standard InChI is InChI=1S/C19H22N2O4/c1-4-11-25-19(23)20-17(18(22)21(2)24-3)13-14-9-10-15-7-5-6-8-16(15)12-14/h4-10,12,17H,1,11,13H2,2-3H3,(H,20,23). The second-order valence-corrected chi connectivity index (χ2v) is 5.49. The van der Waals surface area contributed by atoms with Crippen molar-refractivity contribution >= 4 is 22.8 Å². The lowest BCUT2D eigenvalue weighted by molar-refractivity contribution is -0.170. The number of rotatable bonds is 7. The highest BCUT2D eigenvalue weighted by Crippen LogP contribution is 2.17. The highest BCUT2D eigenvalue weighted by atomic mass is 16.7. The first-order valence-corrected chi connectivity index (χ1v) is 7.88. The molecule has 0 radical (unpaired) electrons. The molecular weight excluding hydrogens is 320 g/mol. The maximum absolute atomic E-state index is 12.5. The number of benzene rings is 2. The first kappa shape index (κ1) is 18.5. The van der Waals surface area contributed by atoms with Gasteiger partial charge in [-0.15, -0.1) is 0 Å². The SMILES string of the molecule is C=CCOC(=O)NC(Cc1ccc2ccccc2c1)C(=O)N(C)OC. The van der Waals surface area contributed by atoms with E-state index in [1.54, 1.807) is 0 Å². The van der Waals surface area contributed by atoms with Gasteiger partial charge in [0.2, 0.25) is 0 Å². The smallest absolute Gasteiger partial charge is 0.408 e. The van der Waals surface area contributed by atoms with Gasteiger partial charge in [0, 0.05) is 13.5 Å². The molecular formula is C19H22N2O4. The summed E-state index contributed by atoms with van der Waals surface area (Å²) in [5.41, 5.74) is 0.922. The number of nitrogens with one attached hydrogen (secondary N) is 1. The van der Waals surface area contributed by atoms with E-state index in [9.17, 15) is 9.59 Å². The summed E-state index contributed by atoms with van der Waals surface area (Å²) in [6.45, 7) is 3.56. The third-order valence-corrected chi connectivity index (χ3v) is 3.76. The molecule has 0 aliphatic heterocycles. The number of carbonyl (C=O) groups excluding carboxylic acids is 2. The van der Waals surface area contributed by atoms with Crippen LogP contribution in [0.4, 0.5) is 4.79 Å². The Morgan fingerprint density at radius 3 is 2.64 bits per heavy atom. The lowest BCUT2D eigenvalue weighted by atomic mass is 10.0. The summed E-state index contributed by atoms with van der Waals surface area (Å²) in [6.07, 6.45) is 1.10. The fourth-order valence-corrected chi connectivity index (χ4v) is 2.43. The van der Waals surface area contributed by atoms with Crippen LogP contribution in [0.1, 0.15) is 5.56 Å². The van der Waals surface area contributed by atoms with E-state index in [2.05, 4.69) is 11.9 Å². The number of hydrogen-bond acceptors (Lipinski definition) is 4. The Labute approximate surface area is 147 Å². The number of hydrogen-bond donors (Lipinski definition) is 1. The van der Waals surface area contributed by atoms with E-state index in [0.29, 0.717) is 6.42 Å². The highest BCUT2D eigenvalue weighted by molar-refractivity contribution is 5.86. The topological polar surface area (TPSA) is 67.9 Å². The Morgan fingerprint density at radius 1 is 1.24 bits per heavy atom. The normalized spacial score (nSPS) is 11.6. The molecule has 0 saturated heterocycles. The number of alkyl carbamates (subject to hydrolysis) is 1. The van der Waals surface area contributed by atoms with E-state index in [1.807, 2.05) is 42.5 Å². The number of nitrogens with zero attached hydrogens (tertiary/aromatic N) is 1. The number of amides is 2. The minimum absolute atomic E-state index is 0.0723. The van der Waals surface area contributed by atoms with Crippen LogP contribution in [0.5, 0.6) is 0 Å². The number of carbonyl (C=O) groups is 2. The Hall–Kier alpha value is -2.86. The molecule has 0 spiro atoms. The van der Waals surface area contributed by atoms with Gasteiger partial charge in [0.1, 0.15) is 12.6 Å². The molecule has 6 nitrogen and oxygen atoms in total. The maximum atomic E-state index is 12.5. The van der Waals surface area contributed by atoms with Crippen molar-refractivity contribution < 1.29 is 19.2 Å². The van der Waals surface area contributed by atoms with Crippen molar-refractivity contribution in [2.24, 2.45) is 0 Å². The summed E-state index contributed by atoms with van der Waals surface area (Å²) in [5, 5.41) is 5.85. The largest absolute Gasteiger partial charge is 0.445 e. The zero-order chi connectivity index (χ0) is 18.2. The Balaban J connectivity index is 2.19. The van der Waals surface area contributed by atoms with Gasteiger partial charge in [0.05, 0.1) is 7.11 Å². The van der Waals surface area contributed by atoms with Crippen molar-refractivity contribution in [3.05, 3.63) is 60.7 Å². The molecule has 0 heterocycles. The average Bonchev–Trinajstić information content (AvgIpc) is 2.64. The summed E-state index contributed by atoms with van der Waals surface area (Å²) in [6, 6.07) is 13.1. The molecule has 1 N–H and O–H groups in total. The molecule has 0 aromatic heterocycles. The fourth-order valence-electron chi connectivity index (χ4n) is 2.43. The van der Waals surface area contributed by atoms with Crippen LogP contribution in [0.25, 0.3) is 10.8 Å².